The molecule has 1 aromatic heterocycles. The zero-order valence-electron chi connectivity index (χ0n) is 20.8. The molecule has 0 spiro atoms. The van der Waals surface area contributed by atoms with Crippen molar-refractivity contribution in [3.63, 3.8) is 0 Å². The van der Waals surface area contributed by atoms with Crippen molar-refractivity contribution in [1.29, 1.82) is 5.26 Å². The fourth-order valence-electron chi connectivity index (χ4n) is 3.91. The van der Waals surface area contributed by atoms with Gasteiger partial charge in [-0.25, -0.2) is 4.79 Å². The van der Waals surface area contributed by atoms with E-state index in [1.165, 1.54) is 17.4 Å². The van der Waals surface area contributed by atoms with Crippen molar-refractivity contribution < 1.29 is 19.1 Å². The quantitative estimate of drug-likeness (QED) is 0.160. The molecule has 4 rings (SSSR count). The molecule has 0 bridgehead atoms. The van der Waals surface area contributed by atoms with Crippen molar-refractivity contribution in [3.8, 4) is 11.8 Å². The molecule has 4 aromatic rings. The van der Waals surface area contributed by atoms with Crippen molar-refractivity contribution in [1.82, 2.24) is 0 Å². The van der Waals surface area contributed by atoms with Crippen LogP contribution in [0.4, 0.5) is 5.00 Å². The number of hydrogen-bond acceptors (Lipinski definition) is 6. The number of carbonyl (C=O) groups is 2. The monoisotopic (exact) mass is 510 g/mol. The Balaban J connectivity index is 1.71. The number of aryl methyl sites for hydroxylation is 1. The van der Waals surface area contributed by atoms with E-state index in [1.54, 1.807) is 13.8 Å². The summed E-state index contributed by atoms with van der Waals surface area (Å²) in [6.45, 7) is 5.96. The Morgan fingerprint density at radius 1 is 1.03 bits per heavy atom. The highest BCUT2D eigenvalue weighted by atomic mass is 32.1. The van der Waals surface area contributed by atoms with Gasteiger partial charge in [-0.2, -0.15) is 5.26 Å². The molecule has 1 heterocycles. The summed E-state index contributed by atoms with van der Waals surface area (Å²) in [5.41, 5.74) is 2.57. The minimum atomic E-state index is -0.615. The lowest BCUT2D eigenvalue weighted by Crippen LogP contribution is -2.16. The van der Waals surface area contributed by atoms with Gasteiger partial charge in [-0.1, -0.05) is 60.7 Å². The fourth-order valence-corrected chi connectivity index (χ4v) is 4.96. The number of esters is 1. The lowest BCUT2D eigenvalue weighted by atomic mass is 10.0. The predicted octanol–water partition coefficient (Wildman–Crippen LogP) is 6.82. The highest BCUT2D eigenvalue weighted by Gasteiger charge is 2.23. The zero-order chi connectivity index (χ0) is 26.4. The maximum absolute atomic E-state index is 13.2. The van der Waals surface area contributed by atoms with Gasteiger partial charge in [0.15, 0.2) is 0 Å². The number of anilines is 1. The fraction of sp³-hybridized carbons (Fsp3) is 0.167. The summed E-state index contributed by atoms with van der Waals surface area (Å²) in [6, 6.07) is 23.3. The Bertz CT molecular complexity index is 1530. The normalized spacial score (nSPS) is 11.1. The SMILES string of the molecule is CCOC(=O)c1c(NC(=O)/C(C#N)=C/c2c(OCc3ccccc3)ccc3ccccc23)sc(C)c1C. The summed E-state index contributed by atoms with van der Waals surface area (Å²) in [4.78, 5) is 26.6. The second-order valence-corrected chi connectivity index (χ2v) is 9.53. The molecule has 186 valence electrons. The minimum Gasteiger partial charge on any atom is -0.488 e. The summed E-state index contributed by atoms with van der Waals surface area (Å²) in [5.74, 6) is -0.567. The van der Waals surface area contributed by atoms with E-state index in [4.69, 9.17) is 9.47 Å². The molecular weight excluding hydrogens is 484 g/mol. The Hall–Kier alpha value is -4.41. The van der Waals surface area contributed by atoms with Crippen LogP contribution in [-0.2, 0) is 16.1 Å². The van der Waals surface area contributed by atoms with E-state index in [2.05, 4.69) is 5.32 Å². The predicted molar refractivity (Wildman–Crippen MR) is 147 cm³/mol. The van der Waals surface area contributed by atoms with Crippen LogP contribution in [0.5, 0.6) is 5.75 Å². The first-order valence-electron chi connectivity index (χ1n) is 11.8. The van der Waals surface area contributed by atoms with E-state index in [1.807, 2.05) is 79.7 Å². The van der Waals surface area contributed by atoms with Crippen LogP contribution < -0.4 is 10.1 Å². The second-order valence-electron chi connectivity index (χ2n) is 8.30. The first-order chi connectivity index (χ1) is 17.9. The minimum absolute atomic E-state index is 0.112. The molecule has 0 aliphatic carbocycles. The van der Waals surface area contributed by atoms with Gasteiger partial charge in [-0.15, -0.1) is 11.3 Å². The number of rotatable bonds is 8. The van der Waals surface area contributed by atoms with Crippen molar-refractivity contribution >= 4 is 45.1 Å². The Morgan fingerprint density at radius 3 is 2.49 bits per heavy atom. The molecule has 0 fully saturated rings. The van der Waals surface area contributed by atoms with E-state index in [0.717, 1.165) is 26.8 Å². The first-order valence-corrected chi connectivity index (χ1v) is 12.6. The van der Waals surface area contributed by atoms with Gasteiger partial charge in [0, 0.05) is 10.4 Å². The number of amides is 1. The summed E-state index contributed by atoms with van der Waals surface area (Å²) >= 11 is 1.28. The first kappa shape index (κ1) is 25.7. The van der Waals surface area contributed by atoms with Gasteiger partial charge in [0.05, 0.1) is 12.2 Å². The van der Waals surface area contributed by atoms with E-state index in [0.29, 0.717) is 28.5 Å². The van der Waals surface area contributed by atoms with E-state index >= 15 is 0 Å². The molecule has 0 radical (unpaired) electrons. The van der Waals surface area contributed by atoms with Gasteiger partial charge in [0.25, 0.3) is 5.91 Å². The number of carbonyl (C=O) groups excluding carboxylic acids is 2. The van der Waals surface area contributed by atoms with Crippen molar-refractivity contribution in [2.75, 3.05) is 11.9 Å². The van der Waals surface area contributed by atoms with Crippen LogP contribution in [0.15, 0.2) is 72.3 Å². The van der Waals surface area contributed by atoms with Gasteiger partial charge in [-0.3, -0.25) is 4.79 Å². The number of ether oxygens (including phenoxy) is 2. The molecule has 0 unspecified atom stereocenters. The van der Waals surface area contributed by atoms with Gasteiger partial charge < -0.3 is 14.8 Å². The molecule has 0 atom stereocenters. The largest absolute Gasteiger partial charge is 0.488 e. The van der Waals surface area contributed by atoms with Crippen LogP contribution in [0.3, 0.4) is 0 Å². The van der Waals surface area contributed by atoms with Crippen molar-refractivity contribution in [2.45, 2.75) is 27.4 Å². The van der Waals surface area contributed by atoms with Crippen LogP contribution in [-0.4, -0.2) is 18.5 Å². The number of hydrogen-bond donors (Lipinski definition) is 1. The van der Waals surface area contributed by atoms with Gasteiger partial charge in [0.2, 0.25) is 0 Å². The zero-order valence-corrected chi connectivity index (χ0v) is 21.6. The van der Waals surface area contributed by atoms with Crippen molar-refractivity contribution in [2.24, 2.45) is 0 Å². The van der Waals surface area contributed by atoms with E-state index in [-0.39, 0.29) is 12.2 Å². The number of fused-ring (bicyclic) bond motifs is 1. The summed E-state index contributed by atoms with van der Waals surface area (Å²) in [6.07, 6.45) is 1.54. The van der Waals surface area contributed by atoms with Gasteiger partial charge >= 0.3 is 5.97 Å². The summed E-state index contributed by atoms with van der Waals surface area (Å²) < 4.78 is 11.3. The van der Waals surface area contributed by atoms with Gasteiger partial charge in [-0.05, 0) is 54.8 Å². The average molecular weight is 511 g/mol. The standard InChI is InChI=1S/C30H26N2O4S/c1-4-35-30(34)27-19(2)20(3)37-29(27)32-28(33)23(17-31)16-25-24-13-9-8-12-22(24)14-15-26(25)36-18-21-10-6-5-7-11-21/h5-16H,4,18H2,1-3H3,(H,32,33)/b23-16+. The molecule has 1 N–H and O–H groups in total. The van der Waals surface area contributed by atoms with Crippen LogP contribution in [0.25, 0.3) is 16.8 Å². The van der Waals surface area contributed by atoms with Gasteiger partial charge in [0.1, 0.15) is 29.0 Å². The molecule has 0 aliphatic heterocycles. The van der Waals surface area contributed by atoms with Crippen LogP contribution >= 0.6 is 11.3 Å². The van der Waals surface area contributed by atoms with Crippen LogP contribution in [0.1, 0.15) is 38.8 Å². The van der Waals surface area contributed by atoms with Crippen LogP contribution in [0.2, 0.25) is 0 Å². The highest BCUT2D eigenvalue weighted by Crippen LogP contribution is 2.34. The third kappa shape index (κ3) is 5.71. The van der Waals surface area contributed by atoms with E-state index < -0.39 is 11.9 Å². The maximum Gasteiger partial charge on any atom is 0.341 e. The molecule has 1 amide bonds. The number of nitrogens with one attached hydrogen (secondary N) is 1. The number of nitriles is 1. The third-order valence-corrected chi connectivity index (χ3v) is 7.04. The Morgan fingerprint density at radius 2 is 1.76 bits per heavy atom. The number of nitrogens with zero attached hydrogens (tertiary/aromatic N) is 1. The Labute approximate surface area is 219 Å². The molecular formula is C30H26N2O4S. The smallest absolute Gasteiger partial charge is 0.341 e. The lowest BCUT2D eigenvalue weighted by molar-refractivity contribution is -0.112. The van der Waals surface area contributed by atoms with Crippen LogP contribution in [0, 0.1) is 25.2 Å². The number of benzene rings is 3. The number of thiophene rings is 1. The molecule has 37 heavy (non-hydrogen) atoms. The molecule has 0 saturated heterocycles. The second kappa shape index (κ2) is 11.5. The summed E-state index contributed by atoms with van der Waals surface area (Å²) in [5, 5.41) is 14.8. The molecule has 6 nitrogen and oxygen atoms in total. The molecule has 0 aliphatic rings. The molecule has 0 saturated carbocycles. The molecule has 7 heteroatoms. The Kier molecular flexibility index (Phi) is 8.02. The third-order valence-electron chi connectivity index (χ3n) is 5.91. The van der Waals surface area contributed by atoms with E-state index in [9.17, 15) is 14.9 Å². The van der Waals surface area contributed by atoms with Crippen molar-refractivity contribution in [3.05, 3.63) is 99.4 Å². The summed E-state index contributed by atoms with van der Waals surface area (Å²) in [7, 11) is 0. The lowest BCUT2D eigenvalue weighted by Gasteiger charge is -2.13. The highest BCUT2D eigenvalue weighted by molar-refractivity contribution is 7.16. The topological polar surface area (TPSA) is 88.4 Å². The maximum atomic E-state index is 13.2. The average Bonchev–Trinajstić information content (AvgIpc) is 3.19. The molecule has 3 aromatic carbocycles.